The minimum atomic E-state index is -0.196. The number of hydrogen-bond donors (Lipinski definition) is 0. The van der Waals surface area contributed by atoms with Crippen LogP contribution in [0.2, 0.25) is 5.02 Å². The molecule has 1 unspecified atom stereocenters. The number of alkyl halides is 1. The van der Waals surface area contributed by atoms with Crippen molar-refractivity contribution in [2.24, 2.45) is 5.92 Å². The number of piperidine rings is 1. The minimum Gasteiger partial charge on any atom is -0.299 e. The summed E-state index contributed by atoms with van der Waals surface area (Å²) in [6, 6.07) is 4.94. The molecule has 1 aromatic rings. The van der Waals surface area contributed by atoms with Crippen molar-refractivity contribution in [2.75, 3.05) is 13.1 Å². The fraction of sp³-hybridized carbons (Fsp3) is 0.571. The van der Waals surface area contributed by atoms with Gasteiger partial charge >= 0.3 is 0 Å². The molecule has 4 heteroatoms. The van der Waals surface area contributed by atoms with Crippen LogP contribution in [-0.4, -0.2) is 22.8 Å². The Bertz CT molecular complexity index is 403. The lowest BCUT2D eigenvalue weighted by Gasteiger charge is -2.33. The summed E-state index contributed by atoms with van der Waals surface area (Å²) in [5, 5.41) is 0.461. The van der Waals surface area contributed by atoms with Gasteiger partial charge < -0.3 is 0 Å². The van der Waals surface area contributed by atoms with Crippen LogP contribution in [0.1, 0.15) is 25.3 Å². The first kappa shape index (κ1) is 14.3. The highest BCUT2D eigenvalue weighted by molar-refractivity contribution is 9.09. The minimum absolute atomic E-state index is 0.196. The summed E-state index contributed by atoms with van der Waals surface area (Å²) in [5.74, 6) is 0.551. The van der Waals surface area contributed by atoms with E-state index >= 15 is 0 Å². The van der Waals surface area contributed by atoms with Crippen molar-refractivity contribution < 1.29 is 4.39 Å². The molecule has 0 aliphatic carbocycles. The topological polar surface area (TPSA) is 3.24 Å². The summed E-state index contributed by atoms with van der Waals surface area (Å²) < 4.78 is 13.7. The van der Waals surface area contributed by atoms with E-state index in [1.807, 2.05) is 0 Å². The van der Waals surface area contributed by atoms with Crippen LogP contribution in [0.15, 0.2) is 18.2 Å². The monoisotopic (exact) mass is 333 g/mol. The predicted molar refractivity (Wildman–Crippen MR) is 77.8 cm³/mol. The zero-order chi connectivity index (χ0) is 13.1. The third-order valence-corrected chi connectivity index (χ3v) is 4.67. The normalized spacial score (nSPS) is 20.0. The highest BCUT2D eigenvalue weighted by Crippen LogP contribution is 2.26. The second kappa shape index (κ2) is 6.36. The maximum Gasteiger partial charge on any atom is 0.129 e. The second-order valence-corrected chi connectivity index (χ2v) is 6.91. The van der Waals surface area contributed by atoms with Gasteiger partial charge in [-0.1, -0.05) is 40.5 Å². The Labute approximate surface area is 121 Å². The van der Waals surface area contributed by atoms with Crippen LogP contribution in [0.4, 0.5) is 4.39 Å². The molecule has 1 aliphatic rings. The Morgan fingerprint density at radius 3 is 2.67 bits per heavy atom. The molecular formula is C14H18BrClFN. The molecule has 0 saturated carbocycles. The molecule has 0 aromatic heterocycles. The summed E-state index contributed by atoms with van der Waals surface area (Å²) in [6.07, 6.45) is 2.36. The van der Waals surface area contributed by atoms with Crippen LogP contribution in [0.3, 0.4) is 0 Å². The van der Waals surface area contributed by atoms with Gasteiger partial charge in [0.15, 0.2) is 0 Å². The Kier molecular flexibility index (Phi) is 5.05. The standard InChI is InChI=1S/C14H18BrClFN/c1-10(15)11-4-6-18(7-5-11)9-12-2-3-13(16)8-14(12)17/h2-3,8,10-11H,4-7,9H2,1H3. The molecule has 1 nitrogen and oxygen atoms in total. The molecule has 2 rings (SSSR count). The lowest BCUT2D eigenvalue weighted by atomic mass is 9.94. The predicted octanol–water partition coefficient (Wildman–Crippen LogP) is 4.47. The molecule has 0 amide bonds. The van der Waals surface area contributed by atoms with Gasteiger partial charge in [-0.05, 0) is 44.0 Å². The summed E-state index contributed by atoms with van der Waals surface area (Å²) in [5.41, 5.74) is 0.741. The van der Waals surface area contributed by atoms with Crippen LogP contribution in [-0.2, 0) is 6.54 Å². The van der Waals surface area contributed by atoms with E-state index in [1.54, 1.807) is 12.1 Å². The number of likely N-dealkylation sites (tertiary alicyclic amines) is 1. The molecular weight excluding hydrogens is 317 g/mol. The number of rotatable bonds is 3. The zero-order valence-corrected chi connectivity index (χ0v) is 12.8. The Balaban J connectivity index is 1.91. The molecule has 100 valence electrons. The molecule has 1 atom stereocenters. The van der Waals surface area contributed by atoms with Crippen molar-refractivity contribution in [1.82, 2.24) is 4.90 Å². The van der Waals surface area contributed by atoms with Gasteiger partial charge in [-0.15, -0.1) is 0 Å². The van der Waals surface area contributed by atoms with E-state index in [-0.39, 0.29) is 5.82 Å². The Morgan fingerprint density at radius 1 is 1.44 bits per heavy atom. The molecule has 0 spiro atoms. The van der Waals surface area contributed by atoms with Crippen molar-refractivity contribution in [3.63, 3.8) is 0 Å². The Hall–Kier alpha value is -0.120. The Morgan fingerprint density at radius 2 is 2.11 bits per heavy atom. The molecule has 1 fully saturated rings. The molecule has 18 heavy (non-hydrogen) atoms. The molecule has 0 radical (unpaired) electrons. The molecule has 0 bridgehead atoms. The summed E-state index contributed by atoms with van der Waals surface area (Å²) in [7, 11) is 0. The average Bonchev–Trinajstić information content (AvgIpc) is 2.33. The van der Waals surface area contributed by atoms with Crippen LogP contribution >= 0.6 is 27.5 Å². The van der Waals surface area contributed by atoms with E-state index < -0.39 is 0 Å². The number of benzene rings is 1. The number of nitrogens with zero attached hydrogens (tertiary/aromatic N) is 1. The average molecular weight is 335 g/mol. The first-order valence-electron chi connectivity index (χ1n) is 6.36. The third kappa shape index (κ3) is 3.69. The highest BCUT2D eigenvalue weighted by Gasteiger charge is 2.22. The molecule has 0 N–H and O–H groups in total. The number of halogens is 3. The van der Waals surface area contributed by atoms with Crippen LogP contribution < -0.4 is 0 Å². The van der Waals surface area contributed by atoms with E-state index in [0.29, 0.717) is 16.4 Å². The zero-order valence-electron chi connectivity index (χ0n) is 10.5. The van der Waals surface area contributed by atoms with Crippen molar-refractivity contribution in [3.05, 3.63) is 34.6 Å². The molecule has 1 aromatic carbocycles. The smallest absolute Gasteiger partial charge is 0.129 e. The van der Waals surface area contributed by atoms with Crippen molar-refractivity contribution in [3.8, 4) is 0 Å². The largest absolute Gasteiger partial charge is 0.299 e. The first-order chi connectivity index (χ1) is 8.56. The van der Waals surface area contributed by atoms with Gasteiger partial charge in [-0.25, -0.2) is 4.39 Å². The van der Waals surface area contributed by atoms with Gasteiger partial charge in [-0.3, -0.25) is 4.90 Å². The fourth-order valence-corrected chi connectivity index (χ4v) is 3.15. The molecule has 1 aliphatic heterocycles. The quantitative estimate of drug-likeness (QED) is 0.737. The molecule has 1 saturated heterocycles. The third-order valence-electron chi connectivity index (χ3n) is 3.69. The van der Waals surface area contributed by atoms with Gasteiger partial charge in [0, 0.05) is 22.0 Å². The highest BCUT2D eigenvalue weighted by atomic mass is 79.9. The first-order valence-corrected chi connectivity index (χ1v) is 7.66. The lowest BCUT2D eigenvalue weighted by Crippen LogP contribution is -2.35. The second-order valence-electron chi connectivity index (χ2n) is 5.03. The number of hydrogen-bond acceptors (Lipinski definition) is 1. The summed E-state index contributed by atoms with van der Waals surface area (Å²) in [4.78, 5) is 2.89. The van der Waals surface area contributed by atoms with Crippen molar-refractivity contribution >= 4 is 27.5 Å². The van der Waals surface area contributed by atoms with Gasteiger partial charge in [0.05, 0.1) is 0 Å². The van der Waals surface area contributed by atoms with E-state index in [4.69, 9.17) is 11.6 Å². The SMILES string of the molecule is CC(Br)C1CCN(Cc2ccc(Cl)cc2F)CC1. The lowest BCUT2D eigenvalue weighted by molar-refractivity contribution is 0.176. The maximum absolute atomic E-state index is 13.7. The van der Waals surface area contributed by atoms with Crippen LogP contribution in [0.25, 0.3) is 0 Å². The van der Waals surface area contributed by atoms with Crippen molar-refractivity contribution in [1.29, 1.82) is 0 Å². The van der Waals surface area contributed by atoms with Crippen LogP contribution in [0.5, 0.6) is 0 Å². The van der Waals surface area contributed by atoms with Gasteiger partial charge in [-0.2, -0.15) is 0 Å². The summed E-state index contributed by atoms with van der Waals surface area (Å²) >= 11 is 9.40. The van der Waals surface area contributed by atoms with E-state index in [9.17, 15) is 4.39 Å². The van der Waals surface area contributed by atoms with Gasteiger partial charge in [0.25, 0.3) is 0 Å². The molecule has 1 heterocycles. The van der Waals surface area contributed by atoms with E-state index in [0.717, 1.165) is 24.6 Å². The van der Waals surface area contributed by atoms with Gasteiger partial charge in [0.1, 0.15) is 5.82 Å². The summed E-state index contributed by atoms with van der Waals surface area (Å²) in [6.45, 7) is 4.98. The van der Waals surface area contributed by atoms with E-state index in [2.05, 4.69) is 27.8 Å². The van der Waals surface area contributed by atoms with E-state index in [1.165, 1.54) is 18.9 Å². The maximum atomic E-state index is 13.7. The fourth-order valence-electron chi connectivity index (χ4n) is 2.46. The van der Waals surface area contributed by atoms with Crippen molar-refractivity contribution in [2.45, 2.75) is 31.1 Å². The van der Waals surface area contributed by atoms with Crippen LogP contribution in [0, 0.1) is 11.7 Å². The van der Waals surface area contributed by atoms with Gasteiger partial charge in [0.2, 0.25) is 0 Å².